The van der Waals surface area contributed by atoms with Gasteiger partial charge < -0.3 is 14.7 Å². The van der Waals surface area contributed by atoms with Crippen LogP contribution in [0.15, 0.2) is 47.0 Å². The number of H-pyrrole nitrogens is 1. The quantitative estimate of drug-likeness (QED) is 0.599. The van der Waals surface area contributed by atoms with Crippen molar-refractivity contribution in [3.63, 3.8) is 0 Å². The second-order valence-corrected chi connectivity index (χ2v) is 6.02. The lowest BCUT2D eigenvalue weighted by Crippen LogP contribution is -2.16. The summed E-state index contributed by atoms with van der Waals surface area (Å²) in [4.78, 5) is 14.5. The molecule has 4 aromatic rings. The standard InChI is InChI=1S/C18H17N5O2/c1-23(2)14-8-5-7-12-17(14)18(21-20-12)19-16(24)10-13-11-6-3-4-9-15(11)25-22-13/h3-9H,10H2,1-2H3,(H2,19,20,21,24). The highest BCUT2D eigenvalue weighted by atomic mass is 16.5. The molecular weight excluding hydrogens is 318 g/mol. The van der Waals surface area contributed by atoms with E-state index in [9.17, 15) is 4.79 Å². The number of anilines is 2. The van der Waals surface area contributed by atoms with E-state index in [-0.39, 0.29) is 12.3 Å². The fourth-order valence-corrected chi connectivity index (χ4v) is 2.91. The molecule has 2 heterocycles. The van der Waals surface area contributed by atoms with Crippen LogP contribution in [-0.4, -0.2) is 35.4 Å². The van der Waals surface area contributed by atoms with Crippen LogP contribution in [0.25, 0.3) is 21.9 Å². The lowest BCUT2D eigenvalue weighted by atomic mass is 10.1. The van der Waals surface area contributed by atoms with E-state index in [0.29, 0.717) is 17.1 Å². The smallest absolute Gasteiger partial charge is 0.231 e. The molecule has 0 fully saturated rings. The summed E-state index contributed by atoms with van der Waals surface area (Å²) in [5.41, 5.74) is 3.13. The minimum atomic E-state index is -0.194. The summed E-state index contributed by atoms with van der Waals surface area (Å²) in [7, 11) is 3.91. The summed E-state index contributed by atoms with van der Waals surface area (Å²) in [6, 6.07) is 13.3. The number of nitrogens with zero attached hydrogens (tertiary/aromatic N) is 3. The van der Waals surface area contributed by atoms with Gasteiger partial charge in [-0.1, -0.05) is 23.4 Å². The number of hydrogen-bond donors (Lipinski definition) is 2. The highest BCUT2D eigenvalue weighted by Gasteiger charge is 2.16. The molecule has 4 rings (SSSR count). The zero-order chi connectivity index (χ0) is 17.4. The molecule has 0 saturated carbocycles. The Bertz CT molecular complexity index is 1060. The summed E-state index contributed by atoms with van der Waals surface area (Å²) in [6.07, 6.45) is 0.121. The van der Waals surface area contributed by atoms with Gasteiger partial charge in [-0.25, -0.2) is 0 Å². The number of fused-ring (bicyclic) bond motifs is 2. The molecule has 0 aliphatic rings. The van der Waals surface area contributed by atoms with Crippen molar-refractivity contribution in [3.05, 3.63) is 48.2 Å². The average molecular weight is 335 g/mol. The molecule has 0 atom stereocenters. The molecule has 0 spiro atoms. The van der Waals surface area contributed by atoms with E-state index >= 15 is 0 Å². The third kappa shape index (κ3) is 2.69. The first-order valence-electron chi connectivity index (χ1n) is 7.91. The van der Waals surface area contributed by atoms with Gasteiger partial charge in [0.05, 0.1) is 17.3 Å². The number of aromatic nitrogens is 3. The summed E-state index contributed by atoms with van der Waals surface area (Å²) < 4.78 is 5.25. The number of para-hydroxylation sites is 1. The zero-order valence-corrected chi connectivity index (χ0v) is 13.9. The van der Waals surface area contributed by atoms with Gasteiger partial charge in [-0.3, -0.25) is 9.89 Å². The Kier molecular flexibility index (Phi) is 3.61. The van der Waals surface area contributed by atoms with Crippen molar-refractivity contribution < 1.29 is 9.32 Å². The second-order valence-electron chi connectivity index (χ2n) is 6.02. The maximum Gasteiger partial charge on any atom is 0.231 e. The van der Waals surface area contributed by atoms with Crippen molar-refractivity contribution in [3.8, 4) is 0 Å². The van der Waals surface area contributed by atoms with E-state index < -0.39 is 0 Å². The molecule has 2 aromatic carbocycles. The molecule has 0 saturated heterocycles. The molecule has 7 nitrogen and oxygen atoms in total. The third-order valence-corrected chi connectivity index (χ3v) is 4.09. The maximum atomic E-state index is 12.5. The van der Waals surface area contributed by atoms with Crippen LogP contribution in [0.4, 0.5) is 11.5 Å². The molecule has 126 valence electrons. The molecule has 0 aliphatic carbocycles. The maximum absolute atomic E-state index is 12.5. The number of carbonyl (C=O) groups is 1. The van der Waals surface area contributed by atoms with Crippen LogP contribution in [-0.2, 0) is 11.2 Å². The van der Waals surface area contributed by atoms with Gasteiger partial charge in [-0.05, 0) is 24.3 Å². The Morgan fingerprint density at radius 2 is 2.04 bits per heavy atom. The number of benzene rings is 2. The Morgan fingerprint density at radius 3 is 2.88 bits per heavy atom. The molecule has 1 amide bonds. The normalized spacial score (nSPS) is 11.1. The molecule has 7 heteroatoms. The van der Waals surface area contributed by atoms with Crippen molar-refractivity contribution >= 4 is 39.3 Å². The largest absolute Gasteiger partial charge is 0.377 e. The van der Waals surface area contributed by atoms with Crippen LogP contribution in [0.5, 0.6) is 0 Å². The van der Waals surface area contributed by atoms with Gasteiger partial charge >= 0.3 is 0 Å². The molecule has 0 unspecified atom stereocenters. The third-order valence-electron chi connectivity index (χ3n) is 4.09. The van der Waals surface area contributed by atoms with E-state index in [1.807, 2.05) is 61.5 Å². The Morgan fingerprint density at radius 1 is 1.20 bits per heavy atom. The zero-order valence-electron chi connectivity index (χ0n) is 13.9. The van der Waals surface area contributed by atoms with Crippen molar-refractivity contribution in [1.29, 1.82) is 0 Å². The van der Waals surface area contributed by atoms with Crippen LogP contribution in [0.3, 0.4) is 0 Å². The molecule has 25 heavy (non-hydrogen) atoms. The highest BCUT2D eigenvalue weighted by Crippen LogP contribution is 2.30. The van der Waals surface area contributed by atoms with E-state index in [1.165, 1.54) is 0 Å². The fraction of sp³-hybridized carbons (Fsp3) is 0.167. The van der Waals surface area contributed by atoms with E-state index in [0.717, 1.165) is 22.0 Å². The first-order chi connectivity index (χ1) is 12.1. The number of rotatable bonds is 4. The monoisotopic (exact) mass is 335 g/mol. The molecule has 0 radical (unpaired) electrons. The van der Waals surface area contributed by atoms with Crippen LogP contribution >= 0.6 is 0 Å². The Hall–Kier alpha value is -3.35. The summed E-state index contributed by atoms with van der Waals surface area (Å²) in [5, 5.41) is 15.8. The minimum Gasteiger partial charge on any atom is -0.377 e. The van der Waals surface area contributed by atoms with Crippen LogP contribution < -0.4 is 10.2 Å². The lowest BCUT2D eigenvalue weighted by Gasteiger charge is -2.14. The lowest BCUT2D eigenvalue weighted by molar-refractivity contribution is -0.115. The average Bonchev–Trinajstić information content (AvgIpc) is 3.20. The number of carbonyl (C=O) groups excluding carboxylic acids is 1. The van der Waals surface area contributed by atoms with Crippen molar-refractivity contribution in [2.45, 2.75) is 6.42 Å². The topological polar surface area (TPSA) is 87.0 Å². The fourth-order valence-electron chi connectivity index (χ4n) is 2.91. The summed E-state index contributed by atoms with van der Waals surface area (Å²) in [6.45, 7) is 0. The summed E-state index contributed by atoms with van der Waals surface area (Å²) in [5.74, 6) is 0.318. The Balaban J connectivity index is 1.62. The van der Waals surface area contributed by atoms with Crippen LogP contribution in [0, 0.1) is 0 Å². The first kappa shape index (κ1) is 15.2. The summed E-state index contributed by atoms with van der Waals surface area (Å²) >= 11 is 0. The SMILES string of the molecule is CN(C)c1cccc2[nH]nc(NC(=O)Cc3noc4ccccc34)c12. The van der Waals surface area contributed by atoms with Crippen molar-refractivity contribution in [1.82, 2.24) is 15.4 Å². The second kappa shape index (κ2) is 5.94. The number of amides is 1. The van der Waals surface area contributed by atoms with Crippen LogP contribution in [0.2, 0.25) is 0 Å². The minimum absolute atomic E-state index is 0.121. The predicted octanol–water partition coefficient (Wildman–Crippen LogP) is 2.95. The number of aromatic amines is 1. The number of hydrogen-bond acceptors (Lipinski definition) is 5. The highest BCUT2D eigenvalue weighted by molar-refractivity contribution is 6.06. The van der Waals surface area contributed by atoms with Gasteiger partial charge in [0, 0.05) is 25.2 Å². The molecule has 0 aliphatic heterocycles. The van der Waals surface area contributed by atoms with Crippen molar-refractivity contribution in [2.24, 2.45) is 0 Å². The molecular formula is C18H17N5O2. The van der Waals surface area contributed by atoms with Crippen molar-refractivity contribution in [2.75, 3.05) is 24.3 Å². The van der Waals surface area contributed by atoms with Gasteiger partial charge in [0.2, 0.25) is 5.91 Å². The molecule has 0 bridgehead atoms. The van der Waals surface area contributed by atoms with E-state index in [4.69, 9.17) is 4.52 Å². The van der Waals surface area contributed by atoms with Crippen LogP contribution in [0.1, 0.15) is 5.69 Å². The van der Waals surface area contributed by atoms with E-state index in [1.54, 1.807) is 0 Å². The Labute approximate surface area is 143 Å². The number of nitrogens with one attached hydrogen (secondary N) is 2. The van der Waals surface area contributed by atoms with Gasteiger partial charge in [0.15, 0.2) is 11.4 Å². The van der Waals surface area contributed by atoms with E-state index in [2.05, 4.69) is 20.7 Å². The van der Waals surface area contributed by atoms with Gasteiger partial charge in [0.1, 0.15) is 5.69 Å². The van der Waals surface area contributed by atoms with Gasteiger partial charge in [0.25, 0.3) is 0 Å². The van der Waals surface area contributed by atoms with Gasteiger partial charge in [-0.2, -0.15) is 5.10 Å². The predicted molar refractivity (Wildman–Crippen MR) is 96.8 cm³/mol. The molecule has 2 N–H and O–H groups in total. The molecule has 2 aromatic heterocycles. The van der Waals surface area contributed by atoms with Gasteiger partial charge in [-0.15, -0.1) is 0 Å². The first-order valence-corrected chi connectivity index (χ1v) is 7.91.